The average molecular weight is 302 g/mol. The van der Waals surface area contributed by atoms with Crippen LogP contribution < -0.4 is 5.32 Å². The van der Waals surface area contributed by atoms with E-state index < -0.39 is 0 Å². The summed E-state index contributed by atoms with van der Waals surface area (Å²) in [5, 5.41) is 4.27. The Morgan fingerprint density at radius 3 is 2.43 bits per heavy atom. The number of benzene rings is 2. The number of nitrogens with one attached hydrogen (secondary N) is 1. The van der Waals surface area contributed by atoms with Crippen LogP contribution in [-0.2, 0) is 13.0 Å². The fraction of sp³-hybridized carbons (Fsp3) is 0.368. The van der Waals surface area contributed by atoms with Crippen molar-refractivity contribution >= 4 is 17.3 Å². The molecule has 21 heavy (non-hydrogen) atoms. The van der Waals surface area contributed by atoms with Crippen molar-refractivity contribution < 1.29 is 0 Å². The summed E-state index contributed by atoms with van der Waals surface area (Å²) in [6.45, 7) is 5.17. The van der Waals surface area contributed by atoms with E-state index in [1.165, 1.54) is 48.1 Å². The van der Waals surface area contributed by atoms with E-state index >= 15 is 0 Å². The van der Waals surface area contributed by atoms with Crippen LogP contribution in [0.3, 0.4) is 0 Å². The molecule has 0 saturated heterocycles. The lowest BCUT2D eigenvalue weighted by atomic mass is 10.1. The molecule has 0 amide bonds. The summed E-state index contributed by atoms with van der Waals surface area (Å²) in [5.41, 5.74) is 5.11. The highest BCUT2D eigenvalue weighted by Crippen LogP contribution is 2.17. The van der Waals surface area contributed by atoms with Gasteiger partial charge in [0.1, 0.15) is 0 Å². The average Bonchev–Trinajstić information content (AvgIpc) is 2.48. The molecule has 0 bridgehead atoms. The Bertz CT molecular complexity index is 560. The van der Waals surface area contributed by atoms with Gasteiger partial charge in [0.25, 0.3) is 0 Å². The molecule has 0 spiro atoms. The topological polar surface area (TPSA) is 12.0 Å². The maximum Gasteiger partial charge on any atom is 0.0408 e. The third-order valence-electron chi connectivity index (χ3n) is 3.81. The Balaban J connectivity index is 1.88. The number of anilines is 1. The smallest absolute Gasteiger partial charge is 0.0408 e. The highest BCUT2D eigenvalue weighted by Gasteiger charge is 2.00. The summed E-state index contributed by atoms with van der Waals surface area (Å²) < 4.78 is 0. The van der Waals surface area contributed by atoms with Crippen LogP contribution in [-0.4, -0.2) is 0 Å². The number of halogens is 1. The molecule has 0 fully saturated rings. The van der Waals surface area contributed by atoms with Crippen molar-refractivity contribution in [2.45, 2.75) is 46.1 Å². The van der Waals surface area contributed by atoms with E-state index in [1.54, 1.807) is 0 Å². The summed E-state index contributed by atoms with van der Waals surface area (Å²) in [7, 11) is 0. The van der Waals surface area contributed by atoms with Gasteiger partial charge in [-0.1, -0.05) is 49.6 Å². The van der Waals surface area contributed by atoms with Crippen LogP contribution in [0.5, 0.6) is 0 Å². The first-order valence-corrected chi connectivity index (χ1v) is 8.14. The number of unbranched alkanes of at least 4 members (excludes halogenated alkanes) is 2. The molecule has 1 N–H and O–H groups in total. The zero-order valence-corrected chi connectivity index (χ0v) is 13.7. The van der Waals surface area contributed by atoms with Gasteiger partial charge < -0.3 is 5.32 Å². The van der Waals surface area contributed by atoms with E-state index in [4.69, 9.17) is 11.6 Å². The Hall–Kier alpha value is -1.47. The summed E-state index contributed by atoms with van der Waals surface area (Å²) in [6, 6.07) is 14.8. The zero-order chi connectivity index (χ0) is 15.1. The molecule has 0 unspecified atom stereocenters. The Morgan fingerprint density at radius 1 is 1.00 bits per heavy atom. The minimum atomic E-state index is 0.799. The van der Waals surface area contributed by atoms with Crippen LogP contribution in [0.15, 0.2) is 42.5 Å². The van der Waals surface area contributed by atoms with Crippen LogP contribution in [0.2, 0.25) is 5.02 Å². The van der Waals surface area contributed by atoms with E-state index in [9.17, 15) is 0 Å². The second-order valence-corrected chi connectivity index (χ2v) is 6.01. The first-order chi connectivity index (χ1) is 10.2. The molecular weight excluding hydrogens is 278 g/mol. The molecule has 1 nitrogen and oxygen atoms in total. The van der Waals surface area contributed by atoms with Gasteiger partial charge in [-0.2, -0.15) is 0 Å². The fourth-order valence-corrected chi connectivity index (χ4v) is 2.65. The Kier molecular flexibility index (Phi) is 6.13. The Morgan fingerprint density at radius 2 is 1.76 bits per heavy atom. The summed E-state index contributed by atoms with van der Waals surface area (Å²) in [6.07, 6.45) is 5.06. The largest absolute Gasteiger partial charge is 0.381 e. The first kappa shape index (κ1) is 15.9. The highest BCUT2D eigenvalue weighted by atomic mass is 35.5. The van der Waals surface area contributed by atoms with Gasteiger partial charge in [-0.3, -0.25) is 0 Å². The molecule has 2 rings (SSSR count). The maximum atomic E-state index is 5.98. The molecule has 2 aromatic carbocycles. The minimum absolute atomic E-state index is 0.799. The third-order valence-corrected chi connectivity index (χ3v) is 4.05. The van der Waals surface area contributed by atoms with E-state index in [2.05, 4.69) is 49.5 Å². The normalized spacial score (nSPS) is 10.6. The van der Waals surface area contributed by atoms with Crippen molar-refractivity contribution in [3.8, 4) is 0 Å². The predicted molar refractivity (Wildman–Crippen MR) is 93.2 cm³/mol. The van der Waals surface area contributed by atoms with E-state index in [0.717, 1.165) is 11.6 Å². The van der Waals surface area contributed by atoms with Crippen LogP contribution in [0, 0.1) is 6.92 Å². The SMILES string of the molecule is CCCCCc1ccc(NCc2ccc(Cl)cc2C)cc1. The summed E-state index contributed by atoms with van der Waals surface area (Å²) in [5.74, 6) is 0. The summed E-state index contributed by atoms with van der Waals surface area (Å²) in [4.78, 5) is 0. The van der Waals surface area contributed by atoms with Gasteiger partial charge >= 0.3 is 0 Å². The molecule has 0 aromatic heterocycles. The monoisotopic (exact) mass is 301 g/mol. The first-order valence-electron chi connectivity index (χ1n) is 7.77. The van der Waals surface area contributed by atoms with Crippen LogP contribution in [0.25, 0.3) is 0 Å². The molecule has 0 saturated carbocycles. The molecule has 0 aliphatic heterocycles. The molecular formula is C19H24ClN. The van der Waals surface area contributed by atoms with Crippen molar-refractivity contribution in [1.82, 2.24) is 0 Å². The molecule has 0 aliphatic carbocycles. The van der Waals surface area contributed by atoms with Crippen LogP contribution >= 0.6 is 11.6 Å². The van der Waals surface area contributed by atoms with Crippen LogP contribution in [0.4, 0.5) is 5.69 Å². The lowest BCUT2D eigenvalue weighted by Crippen LogP contribution is -2.01. The second-order valence-electron chi connectivity index (χ2n) is 5.58. The van der Waals surface area contributed by atoms with E-state index in [0.29, 0.717) is 0 Å². The van der Waals surface area contributed by atoms with Crippen molar-refractivity contribution in [2.24, 2.45) is 0 Å². The van der Waals surface area contributed by atoms with Gasteiger partial charge in [0.05, 0.1) is 0 Å². The molecule has 112 valence electrons. The van der Waals surface area contributed by atoms with Crippen LogP contribution in [0.1, 0.15) is 42.9 Å². The van der Waals surface area contributed by atoms with Gasteiger partial charge in [-0.05, 0) is 60.7 Å². The lowest BCUT2D eigenvalue weighted by Gasteiger charge is -2.10. The standard InChI is InChI=1S/C19H24ClN/c1-3-4-5-6-16-7-11-19(12-8-16)21-14-17-9-10-18(20)13-15(17)2/h7-13,21H,3-6,14H2,1-2H3. The predicted octanol–water partition coefficient (Wildman–Crippen LogP) is 5.99. The van der Waals surface area contributed by atoms with E-state index in [-0.39, 0.29) is 0 Å². The number of rotatable bonds is 7. The lowest BCUT2D eigenvalue weighted by molar-refractivity contribution is 0.717. The molecule has 0 radical (unpaired) electrons. The maximum absolute atomic E-state index is 5.98. The van der Waals surface area contributed by atoms with Gasteiger partial charge in [0, 0.05) is 17.3 Å². The van der Waals surface area contributed by atoms with Gasteiger partial charge in [0.15, 0.2) is 0 Å². The zero-order valence-electron chi connectivity index (χ0n) is 13.0. The van der Waals surface area contributed by atoms with Gasteiger partial charge in [0.2, 0.25) is 0 Å². The molecule has 0 atom stereocenters. The second kappa shape index (κ2) is 8.09. The van der Waals surface area contributed by atoms with Crippen molar-refractivity contribution in [3.63, 3.8) is 0 Å². The highest BCUT2D eigenvalue weighted by molar-refractivity contribution is 6.30. The molecule has 0 heterocycles. The van der Waals surface area contributed by atoms with Gasteiger partial charge in [-0.15, -0.1) is 0 Å². The quantitative estimate of drug-likeness (QED) is 0.619. The third kappa shape index (κ3) is 5.09. The fourth-order valence-electron chi connectivity index (χ4n) is 2.42. The Labute approximate surface area is 133 Å². The van der Waals surface area contributed by atoms with Crippen molar-refractivity contribution in [2.75, 3.05) is 5.32 Å². The number of aryl methyl sites for hydroxylation is 2. The summed E-state index contributed by atoms with van der Waals surface area (Å²) >= 11 is 5.98. The number of hydrogen-bond acceptors (Lipinski definition) is 1. The van der Waals surface area contributed by atoms with Crippen molar-refractivity contribution in [3.05, 3.63) is 64.2 Å². The van der Waals surface area contributed by atoms with Gasteiger partial charge in [-0.25, -0.2) is 0 Å². The van der Waals surface area contributed by atoms with E-state index in [1.807, 2.05) is 12.1 Å². The number of hydrogen-bond donors (Lipinski definition) is 1. The van der Waals surface area contributed by atoms with Crippen molar-refractivity contribution in [1.29, 1.82) is 0 Å². The molecule has 2 aromatic rings. The molecule has 0 aliphatic rings. The molecule has 2 heteroatoms. The minimum Gasteiger partial charge on any atom is -0.381 e.